The molecule has 4 nitrogen and oxygen atoms in total. The minimum Gasteiger partial charge on any atom is -0.381 e. The van der Waals surface area contributed by atoms with Gasteiger partial charge in [-0.15, -0.1) is 0 Å². The molecule has 1 heterocycles. The van der Waals surface area contributed by atoms with E-state index in [0.29, 0.717) is 12.0 Å². The molecule has 0 unspecified atom stereocenters. The van der Waals surface area contributed by atoms with E-state index in [9.17, 15) is 0 Å². The van der Waals surface area contributed by atoms with Crippen LogP contribution in [0.2, 0.25) is 0 Å². The van der Waals surface area contributed by atoms with Crippen LogP contribution in [0.3, 0.4) is 0 Å². The molecule has 4 heteroatoms. The average Bonchev–Trinajstić information content (AvgIpc) is 2.90. The summed E-state index contributed by atoms with van der Waals surface area (Å²) in [6.45, 7) is 2.35. The molecule has 0 spiro atoms. The van der Waals surface area contributed by atoms with E-state index < -0.39 is 0 Å². The molecule has 0 bridgehead atoms. The minimum absolute atomic E-state index is 0.0647. The standard InChI is InChI=1S/C20H31N3O/c21-19(23-18-10-6-1-2-7-11-18)22-16-20(12-14-24-15-13-20)17-8-4-3-5-9-17/h3-5,8-9,18H,1-2,6-7,10-16H2,(H3,21,22,23). The van der Waals surface area contributed by atoms with Crippen LogP contribution in [0.25, 0.3) is 0 Å². The lowest BCUT2D eigenvalue weighted by atomic mass is 9.74. The zero-order valence-electron chi connectivity index (χ0n) is 14.7. The normalized spacial score (nSPS) is 22.8. The zero-order chi connectivity index (χ0) is 16.7. The van der Waals surface area contributed by atoms with Crippen molar-refractivity contribution in [2.75, 3.05) is 19.8 Å². The third kappa shape index (κ3) is 4.50. The largest absolute Gasteiger partial charge is 0.381 e. The molecule has 1 aliphatic heterocycles. The van der Waals surface area contributed by atoms with Crippen molar-refractivity contribution in [1.29, 1.82) is 0 Å². The van der Waals surface area contributed by atoms with Crippen LogP contribution in [0.5, 0.6) is 0 Å². The summed E-state index contributed by atoms with van der Waals surface area (Å²) in [6.07, 6.45) is 9.77. The topological polar surface area (TPSA) is 59.6 Å². The SMILES string of the molecule is NC(=NCC1(c2ccccc2)CCOCC1)NC1CCCCCC1. The highest BCUT2D eigenvalue weighted by Gasteiger charge is 2.34. The van der Waals surface area contributed by atoms with Gasteiger partial charge in [0.25, 0.3) is 0 Å². The molecular weight excluding hydrogens is 298 g/mol. The minimum atomic E-state index is 0.0647. The Bertz CT molecular complexity index is 515. The first kappa shape index (κ1) is 17.3. The summed E-state index contributed by atoms with van der Waals surface area (Å²) in [6, 6.07) is 11.2. The summed E-state index contributed by atoms with van der Waals surface area (Å²) < 4.78 is 5.59. The number of nitrogens with zero attached hydrogens (tertiary/aromatic N) is 1. The maximum atomic E-state index is 6.22. The fourth-order valence-electron chi connectivity index (χ4n) is 4.01. The predicted octanol–water partition coefficient (Wildman–Crippen LogP) is 3.36. The van der Waals surface area contributed by atoms with Gasteiger partial charge in [0.2, 0.25) is 0 Å². The third-order valence-electron chi connectivity index (χ3n) is 5.60. The highest BCUT2D eigenvalue weighted by Crippen LogP contribution is 2.35. The number of ether oxygens (including phenoxy) is 1. The first-order chi connectivity index (χ1) is 11.8. The summed E-state index contributed by atoms with van der Waals surface area (Å²) in [5.74, 6) is 0.615. The van der Waals surface area contributed by atoms with Gasteiger partial charge in [0.1, 0.15) is 0 Å². The molecule has 3 rings (SSSR count). The molecule has 0 radical (unpaired) electrons. The molecule has 0 amide bonds. The van der Waals surface area contributed by atoms with E-state index in [4.69, 9.17) is 15.5 Å². The van der Waals surface area contributed by atoms with Gasteiger partial charge in [-0.3, -0.25) is 4.99 Å². The van der Waals surface area contributed by atoms with E-state index in [1.54, 1.807) is 0 Å². The summed E-state index contributed by atoms with van der Waals surface area (Å²) >= 11 is 0. The van der Waals surface area contributed by atoms with Crippen molar-refractivity contribution in [2.45, 2.75) is 62.8 Å². The van der Waals surface area contributed by atoms with Crippen LogP contribution < -0.4 is 11.1 Å². The van der Waals surface area contributed by atoms with Gasteiger partial charge in [-0.25, -0.2) is 0 Å². The van der Waals surface area contributed by atoms with E-state index >= 15 is 0 Å². The van der Waals surface area contributed by atoms with Crippen molar-refractivity contribution in [3.05, 3.63) is 35.9 Å². The molecule has 1 saturated carbocycles. The van der Waals surface area contributed by atoms with Gasteiger partial charge in [-0.1, -0.05) is 56.0 Å². The Morgan fingerprint density at radius 1 is 1.08 bits per heavy atom. The monoisotopic (exact) mass is 329 g/mol. The van der Waals surface area contributed by atoms with E-state index in [2.05, 4.69) is 35.6 Å². The van der Waals surface area contributed by atoms with Gasteiger partial charge in [0.05, 0.1) is 6.54 Å². The predicted molar refractivity (Wildman–Crippen MR) is 99.3 cm³/mol. The van der Waals surface area contributed by atoms with Crippen molar-refractivity contribution in [3.8, 4) is 0 Å². The lowest BCUT2D eigenvalue weighted by Crippen LogP contribution is -2.42. The number of hydrogen-bond donors (Lipinski definition) is 2. The number of nitrogens with two attached hydrogens (primary N) is 1. The second kappa shape index (κ2) is 8.52. The second-order valence-corrected chi connectivity index (χ2v) is 7.29. The maximum Gasteiger partial charge on any atom is 0.188 e. The second-order valence-electron chi connectivity index (χ2n) is 7.29. The van der Waals surface area contributed by atoms with Crippen LogP contribution in [0, 0.1) is 0 Å². The van der Waals surface area contributed by atoms with E-state index in [0.717, 1.165) is 32.6 Å². The van der Waals surface area contributed by atoms with Gasteiger partial charge >= 0.3 is 0 Å². The fraction of sp³-hybridized carbons (Fsp3) is 0.650. The maximum absolute atomic E-state index is 6.22. The first-order valence-corrected chi connectivity index (χ1v) is 9.48. The Hall–Kier alpha value is -1.55. The molecule has 2 fully saturated rings. The summed E-state index contributed by atoms with van der Waals surface area (Å²) in [7, 11) is 0. The van der Waals surface area contributed by atoms with Crippen molar-refractivity contribution in [2.24, 2.45) is 10.7 Å². The summed E-state index contributed by atoms with van der Waals surface area (Å²) in [5.41, 5.74) is 7.64. The molecule has 1 aromatic carbocycles. The number of hydrogen-bond acceptors (Lipinski definition) is 2. The molecular formula is C20H31N3O. The highest BCUT2D eigenvalue weighted by molar-refractivity contribution is 5.78. The third-order valence-corrected chi connectivity index (χ3v) is 5.60. The van der Waals surface area contributed by atoms with Gasteiger partial charge in [0.15, 0.2) is 5.96 Å². The number of aliphatic imine (C=N–C) groups is 1. The summed E-state index contributed by atoms with van der Waals surface area (Å²) in [5, 5.41) is 3.46. The Morgan fingerprint density at radius 3 is 2.42 bits per heavy atom. The highest BCUT2D eigenvalue weighted by atomic mass is 16.5. The molecule has 1 aliphatic carbocycles. The van der Waals surface area contributed by atoms with Crippen molar-refractivity contribution in [1.82, 2.24) is 5.32 Å². The smallest absolute Gasteiger partial charge is 0.188 e. The van der Waals surface area contributed by atoms with Crippen LogP contribution in [0.4, 0.5) is 0 Å². The molecule has 0 aromatic heterocycles. The molecule has 24 heavy (non-hydrogen) atoms. The van der Waals surface area contributed by atoms with Crippen molar-refractivity contribution >= 4 is 5.96 Å². The van der Waals surface area contributed by atoms with Crippen LogP contribution in [-0.4, -0.2) is 31.8 Å². The van der Waals surface area contributed by atoms with Crippen LogP contribution in [0.1, 0.15) is 56.9 Å². The van der Waals surface area contributed by atoms with Gasteiger partial charge in [0, 0.05) is 24.7 Å². The number of nitrogens with one attached hydrogen (secondary N) is 1. The molecule has 1 saturated heterocycles. The van der Waals surface area contributed by atoms with Crippen LogP contribution in [0.15, 0.2) is 35.3 Å². The lowest BCUT2D eigenvalue weighted by Gasteiger charge is -2.36. The van der Waals surface area contributed by atoms with Crippen LogP contribution in [-0.2, 0) is 10.2 Å². The Kier molecular flexibility index (Phi) is 6.13. The molecule has 0 atom stereocenters. The number of benzene rings is 1. The van der Waals surface area contributed by atoms with Gasteiger partial charge in [-0.05, 0) is 31.2 Å². The fourth-order valence-corrected chi connectivity index (χ4v) is 4.01. The first-order valence-electron chi connectivity index (χ1n) is 9.48. The molecule has 3 N–H and O–H groups in total. The van der Waals surface area contributed by atoms with E-state index in [1.165, 1.54) is 44.1 Å². The number of rotatable bonds is 4. The van der Waals surface area contributed by atoms with E-state index in [-0.39, 0.29) is 5.41 Å². The van der Waals surface area contributed by atoms with Gasteiger partial charge in [-0.2, -0.15) is 0 Å². The summed E-state index contributed by atoms with van der Waals surface area (Å²) in [4.78, 5) is 4.75. The zero-order valence-corrected chi connectivity index (χ0v) is 14.7. The molecule has 2 aliphatic rings. The molecule has 132 valence electrons. The Morgan fingerprint density at radius 2 is 1.75 bits per heavy atom. The van der Waals surface area contributed by atoms with Crippen LogP contribution >= 0.6 is 0 Å². The number of guanidine groups is 1. The Balaban J connectivity index is 1.66. The van der Waals surface area contributed by atoms with Gasteiger partial charge < -0.3 is 15.8 Å². The molecule has 1 aromatic rings. The van der Waals surface area contributed by atoms with E-state index in [1.807, 2.05) is 0 Å². The van der Waals surface area contributed by atoms with Crippen molar-refractivity contribution < 1.29 is 4.74 Å². The average molecular weight is 329 g/mol. The quantitative estimate of drug-likeness (QED) is 0.506. The van der Waals surface area contributed by atoms with Crippen molar-refractivity contribution in [3.63, 3.8) is 0 Å². The lowest BCUT2D eigenvalue weighted by molar-refractivity contribution is 0.0531. The Labute approximate surface area is 145 Å².